The number of rotatable bonds is 3. The van der Waals surface area contributed by atoms with E-state index in [1.54, 1.807) is 6.92 Å². The van der Waals surface area contributed by atoms with Gasteiger partial charge in [-0.2, -0.15) is 13.2 Å². The summed E-state index contributed by atoms with van der Waals surface area (Å²) in [5, 5.41) is 0. The monoisotopic (exact) mass is 352 g/mol. The molecule has 1 heterocycles. The number of nitrogens with one attached hydrogen (secondary N) is 2. The van der Waals surface area contributed by atoms with E-state index in [1.165, 1.54) is 18.2 Å². The molecule has 2 N–H and O–H groups in total. The number of anilines is 1. The summed E-state index contributed by atoms with van der Waals surface area (Å²) >= 11 is 0. The van der Waals surface area contributed by atoms with Crippen molar-refractivity contribution < 1.29 is 27.2 Å². The minimum Gasteiger partial charge on any atom is -0.455 e. The molecule has 8 heteroatoms. The highest BCUT2D eigenvalue weighted by Crippen LogP contribution is 2.34. The normalized spacial score (nSPS) is 14.2. The van der Waals surface area contributed by atoms with E-state index in [0.717, 1.165) is 6.07 Å². The number of carbonyl (C=O) groups is 2. The number of carbonyl (C=O) groups excluding carboxylic acids is 2. The molecule has 0 unspecified atom stereocenters. The van der Waals surface area contributed by atoms with Gasteiger partial charge in [-0.3, -0.25) is 20.4 Å². The zero-order chi connectivity index (χ0) is 18.2. The van der Waals surface area contributed by atoms with Crippen LogP contribution in [-0.2, 0) is 12.6 Å². The molecule has 0 aliphatic heterocycles. The van der Waals surface area contributed by atoms with E-state index in [1.807, 2.05) is 0 Å². The van der Waals surface area contributed by atoms with Gasteiger partial charge in [0.05, 0.1) is 16.8 Å². The van der Waals surface area contributed by atoms with E-state index < -0.39 is 17.6 Å². The lowest BCUT2D eigenvalue weighted by atomic mass is 9.94. The van der Waals surface area contributed by atoms with Crippen molar-refractivity contribution >= 4 is 17.4 Å². The third kappa shape index (κ3) is 3.24. The second-order valence-electron chi connectivity index (χ2n) is 5.75. The summed E-state index contributed by atoms with van der Waals surface area (Å²) in [7, 11) is 0. The van der Waals surface area contributed by atoms with Crippen molar-refractivity contribution in [3.05, 3.63) is 52.5 Å². The Kier molecular flexibility index (Phi) is 4.28. The van der Waals surface area contributed by atoms with Gasteiger partial charge in [0, 0.05) is 18.4 Å². The summed E-state index contributed by atoms with van der Waals surface area (Å²) in [5.74, 6) is -0.444. The van der Waals surface area contributed by atoms with Crippen LogP contribution in [0.15, 0.2) is 28.7 Å². The number of ketones is 1. The number of hydrazine groups is 1. The standard InChI is InChI=1S/C17H15F3N2O3/c1-9-14-12(23)7-4-8-13(14)25-15(9)16(24)22-21-11-6-3-2-5-10(11)17(18,19)20/h2-3,5-6,21H,4,7-8H2,1H3,(H,22,24). The number of hydrogen-bond acceptors (Lipinski definition) is 4. The van der Waals surface area contributed by atoms with Gasteiger partial charge in [0.2, 0.25) is 0 Å². The third-order valence-electron chi connectivity index (χ3n) is 4.06. The summed E-state index contributed by atoms with van der Waals surface area (Å²) in [6, 6.07) is 4.78. The average Bonchev–Trinajstić information content (AvgIpc) is 2.90. The predicted octanol–water partition coefficient (Wildman–Crippen LogP) is 3.88. The number of fused-ring (bicyclic) bond motifs is 1. The van der Waals surface area contributed by atoms with Gasteiger partial charge in [0.25, 0.3) is 0 Å². The van der Waals surface area contributed by atoms with Crippen molar-refractivity contribution in [3.8, 4) is 0 Å². The lowest BCUT2D eigenvalue weighted by Crippen LogP contribution is -2.30. The third-order valence-corrected chi connectivity index (χ3v) is 4.06. The van der Waals surface area contributed by atoms with Crippen LogP contribution in [0, 0.1) is 6.92 Å². The van der Waals surface area contributed by atoms with Crippen molar-refractivity contribution in [1.29, 1.82) is 0 Å². The van der Waals surface area contributed by atoms with Gasteiger partial charge in [0.1, 0.15) is 5.76 Å². The first-order valence-electron chi connectivity index (χ1n) is 7.67. The fourth-order valence-corrected chi connectivity index (χ4v) is 2.89. The first-order valence-corrected chi connectivity index (χ1v) is 7.67. The van der Waals surface area contributed by atoms with E-state index >= 15 is 0 Å². The van der Waals surface area contributed by atoms with E-state index in [2.05, 4.69) is 10.9 Å². The van der Waals surface area contributed by atoms with Gasteiger partial charge >= 0.3 is 12.1 Å². The molecule has 0 fully saturated rings. The molecule has 1 aromatic heterocycles. The molecule has 1 aliphatic rings. The summed E-state index contributed by atoms with van der Waals surface area (Å²) in [4.78, 5) is 24.2. The maximum Gasteiger partial charge on any atom is 0.418 e. The molecule has 1 aromatic carbocycles. The molecular formula is C17H15F3N2O3. The smallest absolute Gasteiger partial charge is 0.418 e. The molecule has 0 spiro atoms. The molecule has 5 nitrogen and oxygen atoms in total. The summed E-state index contributed by atoms with van der Waals surface area (Å²) < 4.78 is 44.3. The molecule has 0 bridgehead atoms. The van der Waals surface area contributed by atoms with Gasteiger partial charge in [-0.05, 0) is 25.5 Å². The van der Waals surface area contributed by atoms with Crippen LogP contribution in [0.4, 0.5) is 18.9 Å². The number of para-hydroxylation sites is 1. The Hall–Kier alpha value is -2.77. The number of aryl methyl sites for hydroxylation is 1. The van der Waals surface area contributed by atoms with E-state index in [-0.39, 0.29) is 17.2 Å². The van der Waals surface area contributed by atoms with Gasteiger partial charge < -0.3 is 4.42 Å². The van der Waals surface area contributed by atoms with Crippen LogP contribution in [0.1, 0.15) is 50.6 Å². The molecule has 0 atom stereocenters. The number of hydrogen-bond donors (Lipinski definition) is 2. The van der Waals surface area contributed by atoms with Gasteiger partial charge in [-0.15, -0.1) is 0 Å². The van der Waals surface area contributed by atoms with Gasteiger partial charge in [-0.1, -0.05) is 12.1 Å². The second-order valence-corrected chi connectivity index (χ2v) is 5.75. The van der Waals surface area contributed by atoms with Gasteiger partial charge in [0.15, 0.2) is 11.5 Å². The Morgan fingerprint density at radius 1 is 1.20 bits per heavy atom. The summed E-state index contributed by atoms with van der Waals surface area (Å²) in [5.41, 5.74) is 4.10. The lowest BCUT2D eigenvalue weighted by molar-refractivity contribution is -0.137. The van der Waals surface area contributed by atoms with Crippen LogP contribution < -0.4 is 10.9 Å². The minimum atomic E-state index is -4.56. The topological polar surface area (TPSA) is 71.3 Å². The fraction of sp³-hybridized carbons (Fsp3) is 0.294. The first-order chi connectivity index (χ1) is 11.8. The van der Waals surface area contributed by atoms with Gasteiger partial charge in [-0.25, -0.2) is 0 Å². The van der Waals surface area contributed by atoms with Crippen molar-refractivity contribution in [2.24, 2.45) is 0 Å². The number of furan rings is 1. The van der Waals surface area contributed by atoms with Crippen molar-refractivity contribution in [2.45, 2.75) is 32.4 Å². The summed E-state index contributed by atoms with van der Waals surface area (Å²) in [6.07, 6.45) is -2.96. The molecule has 1 amide bonds. The maximum atomic E-state index is 12.9. The molecule has 0 radical (unpaired) electrons. The zero-order valence-corrected chi connectivity index (χ0v) is 13.3. The Bertz CT molecular complexity index is 840. The van der Waals surface area contributed by atoms with Crippen LogP contribution in [0.5, 0.6) is 0 Å². The molecule has 3 rings (SSSR count). The number of Topliss-reactive ketones (excluding diaryl/α,β-unsaturated/α-hetero) is 1. The Morgan fingerprint density at radius 2 is 1.92 bits per heavy atom. The quantitative estimate of drug-likeness (QED) is 0.823. The van der Waals surface area contributed by atoms with E-state index in [0.29, 0.717) is 36.1 Å². The SMILES string of the molecule is Cc1c(C(=O)NNc2ccccc2C(F)(F)F)oc2c1C(=O)CCC2. The predicted molar refractivity (Wildman–Crippen MR) is 83.2 cm³/mol. The number of amides is 1. The van der Waals surface area contributed by atoms with Crippen LogP contribution >= 0.6 is 0 Å². The molecule has 1 aliphatic carbocycles. The molecule has 25 heavy (non-hydrogen) atoms. The number of benzene rings is 1. The van der Waals surface area contributed by atoms with Crippen LogP contribution in [0.25, 0.3) is 0 Å². The highest BCUT2D eigenvalue weighted by molar-refractivity contribution is 6.03. The number of halogens is 3. The van der Waals surface area contributed by atoms with Crippen LogP contribution in [0.3, 0.4) is 0 Å². The van der Waals surface area contributed by atoms with Crippen LogP contribution in [0.2, 0.25) is 0 Å². The second kappa shape index (κ2) is 6.27. The largest absolute Gasteiger partial charge is 0.455 e. The van der Waals surface area contributed by atoms with Crippen molar-refractivity contribution in [2.75, 3.05) is 5.43 Å². The molecule has 2 aromatic rings. The highest BCUT2D eigenvalue weighted by atomic mass is 19.4. The van der Waals surface area contributed by atoms with Crippen molar-refractivity contribution in [3.63, 3.8) is 0 Å². The fourth-order valence-electron chi connectivity index (χ4n) is 2.89. The molecule has 0 saturated carbocycles. The maximum absolute atomic E-state index is 12.9. The zero-order valence-electron chi connectivity index (χ0n) is 13.3. The van der Waals surface area contributed by atoms with Crippen molar-refractivity contribution in [1.82, 2.24) is 5.43 Å². The molecule has 0 saturated heterocycles. The molecular weight excluding hydrogens is 337 g/mol. The van der Waals surface area contributed by atoms with E-state index in [4.69, 9.17) is 4.42 Å². The Balaban J connectivity index is 1.80. The number of alkyl halides is 3. The van der Waals surface area contributed by atoms with Crippen LogP contribution in [-0.4, -0.2) is 11.7 Å². The Labute approximate surface area is 141 Å². The average molecular weight is 352 g/mol. The highest BCUT2D eigenvalue weighted by Gasteiger charge is 2.33. The van der Waals surface area contributed by atoms with E-state index in [9.17, 15) is 22.8 Å². The lowest BCUT2D eigenvalue weighted by Gasteiger charge is -2.14. The summed E-state index contributed by atoms with van der Waals surface area (Å²) in [6.45, 7) is 1.59. The first kappa shape index (κ1) is 17.1. The minimum absolute atomic E-state index is 0.0720. The molecule has 132 valence electrons. The Morgan fingerprint density at radius 3 is 2.60 bits per heavy atom.